The lowest BCUT2D eigenvalue weighted by Crippen LogP contribution is -2.15. The Kier molecular flexibility index (Phi) is 5.07. The van der Waals surface area contributed by atoms with Crippen LogP contribution in [-0.4, -0.2) is 10.9 Å². The number of halogens is 3. The van der Waals surface area contributed by atoms with E-state index in [0.717, 1.165) is 34.2 Å². The molecule has 0 atom stereocenters. The van der Waals surface area contributed by atoms with Gasteiger partial charge in [0, 0.05) is 10.9 Å². The van der Waals surface area contributed by atoms with Gasteiger partial charge in [0.25, 0.3) is 0 Å². The number of benzene rings is 3. The largest absolute Gasteiger partial charge is 0.416 e. The molecule has 0 saturated heterocycles. The average Bonchev–Trinajstić information content (AvgIpc) is 3.15. The van der Waals surface area contributed by atoms with Crippen LogP contribution in [0.2, 0.25) is 0 Å². The quantitative estimate of drug-likeness (QED) is 0.436. The van der Waals surface area contributed by atoms with Crippen molar-refractivity contribution in [3.05, 3.63) is 83.2 Å². The van der Waals surface area contributed by atoms with Gasteiger partial charge in [-0.05, 0) is 28.5 Å². The summed E-state index contributed by atoms with van der Waals surface area (Å²) >= 11 is 1.27. The van der Waals surface area contributed by atoms with Gasteiger partial charge in [-0.15, -0.1) is 11.3 Å². The van der Waals surface area contributed by atoms with Crippen molar-refractivity contribution in [3.63, 3.8) is 0 Å². The number of carbonyl (C=O) groups excluding carboxylic acids is 1. The van der Waals surface area contributed by atoms with E-state index >= 15 is 0 Å². The topological polar surface area (TPSA) is 42.0 Å². The summed E-state index contributed by atoms with van der Waals surface area (Å²) in [7, 11) is 0. The van der Waals surface area contributed by atoms with Crippen LogP contribution in [0.3, 0.4) is 0 Å². The molecule has 0 bridgehead atoms. The maximum atomic E-state index is 12.8. The molecule has 1 amide bonds. The van der Waals surface area contributed by atoms with Crippen molar-refractivity contribution < 1.29 is 18.0 Å². The number of nitrogens with one attached hydrogen (secondary N) is 1. The normalized spacial score (nSPS) is 11.6. The molecule has 1 N–H and O–H groups in total. The Morgan fingerprint density at radius 2 is 1.76 bits per heavy atom. The minimum Gasteiger partial charge on any atom is -0.302 e. The highest BCUT2D eigenvalue weighted by Gasteiger charge is 2.30. The molecule has 3 nitrogen and oxygen atoms in total. The molecule has 1 aromatic heterocycles. The number of thiazole rings is 1. The molecule has 3 aromatic carbocycles. The minimum atomic E-state index is -4.43. The fourth-order valence-electron chi connectivity index (χ4n) is 3.02. The molecule has 0 saturated carbocycles. The third kappa shape index (κ3) is 4.46. The van der Waals surface area contributed by atoms with Gasteiger partial charge in [-0.25, -0.2) is 4.98 Å². The first-order valence-corrected chi connectivity index (χ1v) is 9.67. The Labute approximate surface area is 168 Å². The first-order valence-electron chi connectivity index (χ1n) is 8.79. The molecule has 146 valence electrons. The Morgan fingerprint density at radius 3 is 2.55 bits per heavy atom. The fourth-order valence-corrected chi connectivity index (χ4v) is 3.75. The van der Waals surface area contributed by atoms with Crippen LogP contribution in [0.1, 0.15) is 11.1 Å². The number of hydrogen-bond donors (Lipinski definition) is 1. The smallest absolute Gasteiger partial charge is 0.302 e. The second-order valence-corrected chi connectivity index (χ2v) is 7.38. The summed E-state index contributed by atoms with van der Waals surface area (Å²) in [5.74, 6) is -0.413. The Bertz CT molecular complexity index is 1180. The molecule has 4 aromatic rings. The number of anilines is 1. The maximum absolute atomic E-state index is 12.8. The van der Waals surface area contributed by atoms with Crippen LogP contribution < -0.4 is 5.32 Å². The zero-order valence-electron chi connectivity index (χ0n) is 15.0. The number of amides is 1. The van der Waals surface area contributed by atoms with E-state index < -0.39 is 17.6 Å². The van der Waals surface area contributed by atoms with Crippen molar-refractivity contribution in [1.82, 2.24) is 4.98 Å². The summed E-state index contributed by atoms with van der Waals surface area (Å²) in [5.41, 5.74) is 1.19. The molecule has 0 aliphatic heterocycles. The van der Waals surface area contributed by atoms with E-state index in [1.54, 1.807) is 0 Å². The van der Waals surface area contributed by atoms with Gasteiger partial charge in [0.2, 0.25) is 5.91 Å². The molecule has 0 aliphatic rings. The van der Waals surface area contributed by atoms with Gasteiger partial charge in [0.15, 0.2) is 5.13 Å². The number of rotatable bonds is 4. The predicted molar refractivity (Wildman–Crippen MR) is 109 cm³/mol. The van der Waals surface area contributed by atoms with Gasteiger partial charge in [0.1, 0.15) is 0 Å². The van der Waals surface area contributed by atoms with E-state index in [2.05, 4.69) is 10.3 Å². The van der Waals surface area contributed by atoms with Crippen molar-refractivity contribution >= 4 is 33.1 Å². The number of alkyl halides is 3. The molecule has 7 heteroatoms. The molecule has 29 heavy (non-hydrogen) atoms. The van der Waals surface area contributed by atoms with Crippen LogP contribution in [0.25, 0.3) is 22.0 Å². The fraction of sp³-hybridized carbons (Fsp3) is 0.0909. The molecule has 0 fully saturated rings. The van der Waals surface area contributed by atoms with Gasteiger partial charge in [-0.3, -0.25) is 4.79 Å². The molecular weight excluding hydrogens is 397 g/mol. The number of nitrogens with zero attached hydrogens (tertiary/aromatic N) is 1. The van der Waals surface area contributed by atoms with E-state index in [-0.39, 0.29) is 6.42 Å². The molecule has 0 radical (unpaired) electrons. The van der Waals surface area contributed by atoms with Crippen molar-refractivity contribution in [2.24, 2.45) is 0 Å². The Balaban J connectivity index is 1.46. The summed E-state index contributed by atoms with van der Waals surface area (Å²) in [6.45, 7) is 0. The third-order valence-corrected chi connectivity index (χ3v) is 5.17. The van der Waals surface area contributed by atoms with Gasteiger partial charge in [-0.2, -0.15) is 13.2 Å². The summed E-state index contributed by atoms with van der Waals surface area (Å²) in [6, 6.07) is 18.8. The van der Waals surface area contributed by atoms with Crippen molar-refractivity contribution in [3.8, 4) is 11.3 Å². The predicted octanol–water partition coefficient (Wildman–Crippen LogP) is 6.16. The number of carbonyl (C=O) groups is 1. The minimum absolute atomic E-state index is 0.158. The highest BCUT2D eigenvalue weighted by Crippen LogP contribution is 2.30. The number of hydrogen-bond acceptors (Lipinski definition) is 3. The highest BCUT2D eigenvalue weighted by atomic mass is 32.1. The summed E-state index contributed by atoms with van der Waals surface area (Å²) in [5, 5.41) is 7.12. The lowest BCUT2D eigenvalue weighted by molar-refractivity contribution is -0.137. The van der Waals surface area contributed by atoms with E-state index in [1.165, 1.54) is 23.5 Å². The zero-order valence-corrected chi connectivity index (χ0v) is 15.8. The van der Waals surface area contributed by atoms with Crippen LogP contribution in [-0.2, 0) is 17.4 Å². The molecule has 1 heterocycles. The van der Waals surface area contributed by atoms with Crippen molar-refractivity contribution in [2.45, 2.75) is 12.6 Å². The van der Waals surface area contributed by atoms with E-state index in [9.17, 15) is 18.0 Å². The zero-order chi connectivity index (χ0) is 20.4. The standard InChI is InChI=1S/C22H15F3N2OS/c23-22(24,25)18-7-3-4-14(10-18)11-20(28)27-21-26-19(13-29-21)17-9-8-15-5-1-2-6-16(15)12-17/h1-10,12-13H,11H2,(H,26,27,28). The van der Waals surface area contributed by atoms with Crippen LogP contribution in [0.15, 0.2) is 72.1 Å². The van der Waals surface area contributed by atoms with Crippen LogP contribution >= 0.6 is 11.3 Å². The van der Waals surface area contributed by atoms with E-state index in [1.807, 2.05) is 47.8 Å². The van der Waals surface area contributed by atoms with E-state index in [4.69, 9.17) is 0 Å². The molecular formula is C22H15F3N2OS. The Hall–Kier alpha value is -3.19. The second kappa shape index (κ2) is 7.67. The Morgan fingerprint density at radius 1 is 0.966 bits per heavy atom. The lowest BCUT2D eigenvalue weighted by Gasteiger charge is -2.08. The van der Waals surface area contributed by atoms with Crippen LogP contribution in [0, 0.1) is 0 Å². The van der Waals surface area contributed by atoms with Crippen LogP contribution in [0.4, 0.5) is 18.3 Å². The SMILES string of the molecule is O=C(Cc1cccc(C(F)(F)F)c1)Nc1nc(-c2ccc3ccccc3c2)cs1. The molecule has 0 aliphatic carbocycles. The lowest BCUT2D eigenvalue weighted by atomic mass is 10.1. The van der Waals surface area contributed by atoms with E-state index in [0.29, 0.717) is 10.7 Å². The number of fused-ring (bicyclic) bond motifs is 1. The van der Waals surface area contributed by atoms with Crippen molar-refractivity contribution in [2.75, 3.05) is 5.32 Å². The van der Waals surface area contributed by atoms with Crippen LogP contribution in [0.5, 0.6) is 0 Å². The summed E-state index contributed by atoms with van der Waals surface area (Å²) in [6.07, 6.45) is -4.59. The second-order valence-electron chi connectivity index (χ2n) is 6.52. The number of aromatic nitrogens is 1. The first kappa shape index (κ1) is 19.1. The average molecular weight is 412 g/mol. The van der Waals surface area contributed by atoms with Gasteiger partial charge < -0.3 is 5.32 Å². The van der Waals surface area contributed by atoms with Gasteiger partial charge in [-0.1, -0.05) is 54.6 Å². The monoisotopic (exact) mass is 412 g/mol. The molecule has 0 spiro atoms. The van der Waals surface area contributed by atoms with Gasteiger partial charge >= 0.3 is 6.18 Å². The van der Waals surface area contributed by atoms with Crippen molar-refractivity contribution in [1.29, 1.82) is 0 Å². The molecule has 4 rings (SSSR count). The maximum Gasteiger partial charge on any atom is 0.416 e. The summed E-state index contributed by atoms with van der Waals surface area (Å²) in [4.78, 5) is 16.7. The molecule has 0 unspecified atom stereocenters. The summed E-state index contributed by atoms with van der Waals surface area (Å²) < 4.78 is 38.4. The third-order valence-electron chi connectivity index (χ3n) is 4.41. The van der Waals surface area contributed by atoms with Gasteiger partial charge in [0.05, 0.1) is 17.7 Å². The highest BCUT2D eigenvalue weighted by molar-refractivity contribution is 7.14. The first-order chi connectivity index (χ1) is 13.9.